The van der Waals surface area contributed by atoms with Gasteiger partial charge in [-0.3, -0.25) is 9.59 Å². The second-order valence-electron chi connectivity index (χ2n) is 4.77. The fourth-order valence-electron chi connectivity index (χ4n) is 1.07. The van der Waals surface area contributed by atoms with Crippen LogP contribution in [0.4, 0.5) is 0 Å². The van der Waals surface area contributed by atoms with E-state index in [1.807, 2.05) is 27.8 Å². The standard InChI is InChI=1S/C6H10BrNO.C5H10O2/c1-8-3-2-6(9)5(7)4-8;1-5(2,3)7-4-6/h5H,2-4H2,1H3;4H,1-3H3. The molecule has 0 spiro atoms. The van der Waals surface area contributed by atoms with Gasteiger partial charge in [-0.2, -0.15) is 0 Å². The maximum absolute atomic E-state index is 10.9. The number of likely N-dealkylation sites (tertiary alicyclic amines) is 1. The summed E-state index contributed by atoms with van der Waals surface area (Å²) in [5, 5.41) is 0. The minimum atomic E-state index is -0.318. The van der Waals surface area contributed by atoms with Crippen LogP contribution in [-0.2, 0) is 14.3 Å². The van der Waals surface area contributed by atoms with Crippen molar-refractivity contribution in [3.05, 3.63) is 0 Å². The van der Waals surface area contributed by atoms with Crippen LogP contribution in [0.1, 0.15) is 27.2 Å². The third kappa shape index (κ3) is 7.82. The summed E-state index contributed by atoms with van der Waals surface area (Å²) in [6.07, 6.45) is 0.701. The van der Waals surface area contributed by atoms with Crippen LogP contribution in [0.15, 0.2) is 0 Å². The molecule has 1 heterocycles. The van der Waals surface area contributed by atoms with Gasteiger partial charge in [0.25, 0.3) is 6.47 Å². The Balaban J connectivity index is 0.000000293. The van der Waals surface area contributed by atoms with Crippen LogP contribution in [0.3, 0.4) is 0 Å². The van der Waals surface area contributed by atoms with E-state index in [0.29, 0.717) is 18.7 Å². The van der Waals surface area contributed by atoms with Gasteiger partial charge < -0.3 is 9.64 Å². The van der Waals surface area contributed by atoms with Crippen LogP contribution >= 0.6 is 15.9 Å². The van der Waals surface area contributed by atoms with Gasteiger partial charge in [0.15, 0.2) is 0 Å². The molecule has 1 aliphatic heterocycles. The smallest absolute Gasteiger partial charge is 0.293 e. The average molecular weight is 294 g/mol. The number of carbonyl (C=O) groups is 2. The molecule has 4 nitrogen and oxygen atoms in total. The largest absolute Gasteiger partial charge is 0.462 e. The van der Waals surface area contributed by atoms with Crippen molar-refractivity contribution in [2.45, 2.75) is 37.6 Å². The van der Waals surface area contributed by atoms with Crippen LogP contribution < -0.4 is 0 Å². The Bertz CT molecular complexity index is 238. The Morgan fingerprint density at radius 2 is 2.06 bits per heavy atom. The lowest BCUT2D eigenvalue weighted by Crippen LogP contribution is -2.38. The monoisotopic (exact) mass is 293 g/mol. The SMILES string of the molecule is CC(C)(C)OC=O.CN1CCC(=O)C(Br)C1. The molecule has 94 valence electrons. The maximum atomic E-state index is 10.9. The number of hydrogen-bond donors (Lipinski definition) is 0. The summed E-state index contributed by atoms with van der Waals surface area (Å²) in [4.78, 5) is 22.7. The van der Waals surface area contributed by atoms with Gasteiger partial charge in [0.2, 0.25) is 0 Å². The zero-order valence-electron chi connectivity index (χ0n) is 10.3. The van der Waals surface area contributed by atoms with Crippen molar-refractivity contribution in [3.63, 3.8) is 0 Å². The molecule has 1 atom stereocenters. The highest BCUT2D eigenvalue weighted by Crippen LogP contribution is 2.11. The number of ether oxygens (including phenoxy) is 1. The third-order valence-corrected chi connectivity index (χ3v) is 2.76. The molecule has 1 rings (SSSR count). The molecule has 0 radical (unpaired) electrons. The number of Topliss-reactive ketones (excluding diaryl/α,β-unsaturated/α-hetero) is 1. The summed E-state index contributed by atoms with van der Waals surface area (Å²) in [6, 6.07) is 0. The molecule has 1 fully saturated rings. The van der Waals surface area contributed by atoms with Crippen molar-refractivity contribution >= 4 is 28.2 Å². The van der Waals surface area contributed by atoms with E-state index in [1.54, 1.807) is 0 Å². The summed E-state index contributed by atoms with van der Waals surface area (Å²) in [5.74, 6) is 0.341. The Morgan fingerprint density at radius 1 is 1.50 bits per heavy atom. The highest BCUT2D eigenvalue weighted by molar-refractivity contribution is 9.10. The average Bonchev–Trinajstić information content (AvgIpc) is 2.11. The molecule has 0 bridgehead atoms. The predicted octanol–water partition coefficient (Wildman–Crippen LogP) is 1.61. The van der Waals surface area contributed by atoms with Crippen molar-refractivity contribution in [1.29, 1.82) is 0 Å². The number of alkyl halides is 1. The molecule has 0 aliphatic carbocycles. The van der Waals surface area contributed by atoms with Crippen molar-refractivity contribution in [1.82, 2.24) is 4.90 Å². The van der Waals surface area contributed by atoms with Crippen LogP contribution in [0.25, 0.3) is 0 Å². The molecule has 16 heavy (non-hydrogen) atoms. The van der Waals surface area contributed by atoms with Gasteiger partial charge in [0.1, 0.15) is 11.4 Å². The third-order valence-electron chi connectivity index (χ3n) is 1.96. The Morgan fingerprint density at radius 3 is 2.31 bits per heavy atom. The number of hydrogen-bond acceptors (Lipinski definition) is 4. The van der Waals surface area contributed by atoms with Crippen molar-refractivity contribution < 1.29 is 14.3 Å². The Labute approximate surface area is 105 Å². The topological polar surface area (TPSA) is 46.6 Å². The Hall–Kier alpha value is -0.420. The van der Waals surface area contributed by atoms with Gasteiger partial charge in [-0.05, 0) is 27.8 Å². The first-order valence-electron chi connectivity index (χ1n) is 5.23. The normalized spacial score (nSPS) is 22.1. The molecule has 0 N–H and O–H groups in total. The first-order chi connectivity index (χ1) is 7.26. The quantitative estimate of drug-likeness (QED) is 0.544. The summed E-state index contributed by atoms with van der Waals surface area (Å²) in [6.45, 7) is 7.70. The van der Waals surface area contributed by atoms with E-state index in [-0.39, 0.29) is 10.4 Å². The lowest BCUT2D eigenvalue weighted by Gasteiger charge is -2.24. The minimum Gasteiger partial charge on any atom is -0.462 e. The lowest BCUT2D eigenvalue weighted by atomic mass is 10.1. The van der Waals surface area contributed by atoms with E-state index in [9.17, 15) is 9.59 Å². The molecular formula is C11H20BrNO3. The van der Waals surface area contributed by atoms with E-state index >= 15 is 0 Å². The van der Waals surface area contributed by atoms with E-state index < -0.39 is 0 Å². The molecule has 0 aromatic rings. The van der Waals surface area contributed by atoms with Gasteiger partial charge in [-0.15, -0.1) is 0 Å². The molecule has 0 aromatic heterocycles. The number of halogens is 1. The van der Waals surface area contributed by atoms with Crippen molar-refractivity contribution in [2.24, 2.45) is 0 Å². The van der Waals surface area contributed by atoms with E-state index in [4.69, 9.17) is 0 Å². The van der Waals surface area contributed by atoms with Crippen LogP contribution in [0, 0.1) is 0 Å². The molecule has 1 aliphatic rings. The molecular weight excluding hydrogens is 274 g/mol. The number of ketones is 1. The molecule has 1 saturated heterocycles. The summed E-state index contributed by atoms with van der Waals surface area (Å²) in [7, 11) is 2.03. The number of nitrogens with zero attached hydrogens (tertiary/aromatic N) is 1. The van der Waals surface area contributed by atoms with Gasteiger partial charge in [0.05, 0.1) is 4.83 Å². The van der Waals surface area contributed by atoms with E-state index in [0.717, 1.165) is 13.1 Å². The van der Waals surface area contributed by atoms with Crippen LogP contribution in [0.5, 0.6) is 0 Å². The second-order valence-corrected chi connectivity index (χ2v) is 5.88. The zero-order valence-corrected chi connectivity index (χ0v) is 11.9. The second kappa shape index (κ2) is 7.01. The minimum absolute atomic E-state index is 0.0799. The van der Waals surface area contributed by atoms with Crippen molar-refractivity contribution in [2.75, 3.05) is 20.1 Å². The predicted molar refractivity (Wildman–Crippen MR) is 66.7 cm³/mol. The highest BCUT2D eigenvalue weighted by Gasteiger charge is 2.21. The van der Waals surface area contributed by atoms with Gasteiger partial charge in [-0.25, -0.2) is 0 Å². The van der Waals surface area contributed by atoms with E-state index in [1.165, 1.54) is 0 Å². The molecule has 0 aromatic carbocycles. The molecule has 1 unspecified atom stereocenters. The summed E-state index contributed by atoms with van der Waals surface area (Å²) >= 11 is 3.30. The fraction of sp³-hybridized carbons (Fsp3) is 0.818. The van der Waals surface area contributed by atoms with Gasteiger partial charge >= 0.3 is 0 Å². The van der Waals surface area contributed by atoms with Crippen molar-refractivity contribution in [3.8, 4) is 0 Å². The molecule has 5 heteroatoms. The first kappa shape index (κ1) is 15.6. The van der Waals surface area contributed by atoms with Gasteiger partial charge in [0, 0.05) is 19.5 Å². The number of carbonyl (C=O) groups excluding carboxylic acids is 2. The van der Waals surface area contributed by atoms with Crippen LogP contribution in [0.2, 0.25) is 0 Å². The highest BCUT2D eigenvalue weighted by atomic mass is 79.9. The molecule has 0 saturated carbocycles. The first-order valence-corrected chi connectivity index (χ1v) is 6.14. The Kier molecular flexibility index (Phi) is 6.83. The fourth-order valence-corrected chi connectivity index (χ4v) is 1.79. The number of rotatable bonds is 1. The maximum Gasteiger partial charge on any atom is 0.293 e. The molecule has 0 amide bonds. The van der Waals surface area contributed by atoms with Crippen LogP contribution in [-0.4, -0.2) is 47.7 Å². The van der Waals surface area contributed by atoms with Gasteiger partial charge in [-0.1, -0.05) is 15.9 Å². The van der Waals surface area contributed by atoms with E-state index in [2.05, 4.69) is 25.6 Å². The number of piperidine rings is 1. The summed E-state index contributed by atoms with van der Waals surface area (Å²) in [5.41, 5.74) is -0.318. The lowest BCUT2D eigenvalue weighted by molar-refractivity contribution is -0.138. The summed E-state index contributed by atoms with van der Waals surface area (Å²) < 4.78 is 4.55. The zero-order chi connectivity index (χ0) is 12.8.